The number of nitro groups is 1. The van der Waals surface area contributed by atoms with Crippen LogP contribution >= 0.6 is 11.6 Å². The maximum atomic E-state index is 11.9. The Morgan fingerprint density at radius 2 is 1.92 bits per heavy atom. The molecule has 0 aliphatic carbocycles. The van der Waals surface area contributed by atoms with Gasteiger partial charge in [-0.15, -0.1) is 0 Å². The third kappa shape index (κ3) is 3.99. The van der Waals surface area contributed by atoms with Crippen LogP contribution in [0.2, 0.25) is 5.02 Å². The lowest BCUT2D eigenvalue weighted by Crippen LogP contribution is -2.01. The molecule has 6 nitrogen and oxygen atoms in total. The van der Waals surface area contributed by atoms with Crippen molar-refractivity contribution in [1.29, 1.82) is 0 Å². The van der Waals surface area contributed by atoms with Crippen molar-refractivity contribution in [1.82, 2.24) is 0 Å². The van der Waals surface area contributed by atoms with Crippen LogP contribution in [-0.2, 0) is 9.53 Å². The number of rotatable bonds is 4. The van der Waals surface area contributed by atoms with Crippen molar-refractivity contribution < 1.29 is 14.5 Å². The summed E-state index contributed by atoms with van der Waals surface area (Å²) in [5.41, 5.74) is 1.36. The molecule has 0 N–H and O–H groups in total. The van der Waals surface area contributed by atoms with E-state index in [1.165, 1.54) is 18.2 Å². The van der Waals surface area contributed by atoms with Crippen molar-refractivity contribution in [2.75, 3.05) is 0 Å². The van der Waals surface area contributed by atoms with Crippen LogP contribution in [0.5, 0.6) is 0 Å². The molecule has 1 heterocycles. The number of nitrogens with zero attached hydrogens (tertiary/aromatic N) is 2. The predicted octanol–water partition coefficient (Wildman–Crippen LogP) is 4.26. The van der Waals surface area contributed by atoms with Crippen molar-refractivity contribution >= 4 is 41.3 Å². The molecule has 2 aromatic rings. The number of hydrogen-bond donors (Lipinski definition) is 0. The van der Waals surface area contributed by atoms with E-state index in [9.17, 15) is 14.9 Å². The maximum Gasteiger partial charge on any atom is 0.363 e. The molecule has 0 saturated heterocycles. The molecule has 0 unspecified atom stereocenters. The number of benzene rings is 2. The molecule has 124 valence electrons. The number of non-ortho nitro benzene ring substituents is 1. The zero-order valence-electron chi connectivity index (χ0n) is 12.8. The van der Waals surface area contributed by atoms with Crippen molar-refractivity contribution in [3.05, 3.63) is 86.6 Å². The summed E-state index contributed by atoms with van der Waals surface area (Å²) >= 11 is 6.05. The highest BCUT2D eigenvalue weighted by molar-refractivity contribution is 6.32. The number of halogens is 1. The van der Waals surface area contributed by atoms with E-state index < -0.39 is 10.9 Å². The zero-order chi connectivity index (χ0) is 17.8. The van der Waals surface area contributed by atoms with Crippen molar-refractivity contribution in [2.24, 2.45) is 4.99 Å². The number of hydrogen-bond acceptors (Lipinski definition) is 5. The number of ether oxygens (including phenoxy) is 1. The third-order valence-corrected chi connectivity index (χ3v) is 3.68. The SMILES string of the molecule is O=C1OC(C=Cc2cccc([N+](=O)[O-])c2)=NC1=Cc1ccccc1Cl. The number of carbonyl (C=O) groups is 1. The third-order valence-electron chi connectivity index (χ3n) is 3.33. The first-order valence-electron chi connectivity index (χ1n) is 7.22. The minimum atomic E-state index is -0.585. The molecular weight excluding hydrogens is 344 g/mol. The van der Waals surface area contributed by atoms with Crippen LogP contribution < -0.4 is 0 Å². The van der Waals surface area contributed by atoms with E-state index in [-0.39, 0.29) is 17.3 Å². The fourth-order valence-electron chi connectivity index (χ4n) is 2.15. The summed E-state index contributed by atoms with van der Waals surface area (Å²) in [6.45, 7) is 0. The van der Waals surface area contributed by atoms with Gasteiger partial charge in [-0.3, -0.25) is 10.1 Å². The van der Waals surface area contributed by atoms with Gasteiger partial charge in [0.05, 0.1) is 4.92 Å². The molecule has 1 aliphatic heterocycles. The number of carbonyl (C=O) groups excluding carboxylic acids is 1. The van der Waals surface area contributed by atoms with E-state index in [4.69, 9.17) is 16.3 Å². The van der Waals surface area contributed by atoms with E-state index in [1.807, 2.05) is 0 Å². The zero-order valence-corrected chi connectivity index (χ0v) is 13.5. The van der Waals surface area contributed by atoms with E-state index in [0.717, 1.165) is 0 Å². The van der Waals surface area contributed by atoms with Crippen LogP contribution in [0.25, 0.3) is 12.2 Å². The summed E-state index contributed by atoms with van der Waals surface area (Å²) in [5, 5.41) is 11.3. The van der Waals surface area contributed by atoms with Crippen LogP contribution in [0.4, 0.5) is 5.69 Å². The first-order chi connectivity index (χ1) is 12.0. The maximum absolute atomic E-state index is 11.9. The second-order valence-electron chi connectivity index (χ2n) is 5.08. The molecule has 0 bridgehead atoms. The average molecular weight is 355 g/mol. The Hall–Kier alpha value is -3.25. The van der Waals surface area contributed by atoms with Gasteiger partial charge in [0.25, 0.3) is 5.69 Å². The largest absolute Gasteiger partial charge is 0.403 e. The number of aliphatic imine (C=N–C) groups is 1. The Bertz CT molecular complexity index is 948. The molecule has 0 atom stereocenters. The summed E-state index contributed by atoms with van der Waals surface area (Å²) in [5.74, 6) is -0.478. The Morgan fingerprint density at radius 1 is 1.12 bits per heavy atom. The fourth-order valence-corrected chi connectivity index (χ4v) is 2.34. The number of esters is 1. The Labute approximate surface area is 147 Å². The molecule has 0 spiro atoms. The van der Waals surface area contributed by atoms with Crippen LogP contribution in [0.15, 0.2) is 65.3 Å². The summed E-state index contributed by atoms with van der Waals surface area (Å²) < 4.78 is 5.06. The minimum Gasteiger partial charge on any atom is -0.403 e. The second kappa shape index (κ2) is 7.11. The van der Waals surface area contributed by atoms with Crippen LogP contribution in [-0.4, -0.2) is 16.8 Å². The van der Waals surface area contributed by atoms with E-state index >= 15 is 0 Å². The average Bonchev–Trinajstić information content (AvgIpc) is 2.95. The van der Waals surface area contributed by atoms with Gasteiger partial charge in [0.1, 0.15) is 0 Å². The van der Waals surface area contributed by atoms with Gasteiger partial charge in [-0.05, 0) is 29.3 Å². The standard InChI is InChI=1S/C18H11ClN2O4/c19-15-7-2-1-5-13(15)11-16-18(22)25-17(20-16)9-8-12-4-3-6-14(10-12)21(23)24/h1-11H. The van der Waals surface area contributed by atoms with Crippen molar-refractivity contribution in [3.8, 4) is 0 Å². The highest BCUT2D eigenvalue weighted by Crippen LogP contribution is 2.22. The molecule has 1 aliphatic rings. The lowest BCUT2D eigenvalue weighted by atomic mass is 10.2. The summed E-state index contributed by atoms with van der Waals surface area (Å²) in [7, 11) is 0. The summed E-state index contributed by atoms with van der Waals surface area (Å²) in [6, 6.07) is 13.1. The minimum absolute atomic E-state index is 0.0215. The molecule has 0 fully saturated rings. The lowest BCUT2D eigenvalue weighted by molar-refractivity contribution is -0.384. The van der Waals surface area contributed by atoms with Gasteiger partial charge in [-0.2, -0.15) is 0 Å². The highest BCUT2D eigenvalue weighted by Gasteiger charge is 2.21. The molecule has 3 rings (SSSR count). The summed E-state index contributed by atoms with van der Waals surface area (Å²) in [6.07, 6.45) is 4.60. The first kappa shape index (κ1) is 16.6. The van der Waals surface area contributed by atoms with Crippen LogP contribution in [0.3, 0.4) is 0 Å². The molecule has 25 heavy (non-hydrogen) atoms. The van der Waals surface area contributed by atoms with E-state index in [2.05, 4.69) is 4.99 Å². The molecule has 0 saturated carbocycles. The molecule has 0 amide bonds. The van der Waals surface area contributed by atoms with Gasteiger partial charge in [-0.1, -0.05) is 41.9 Å². The first-order valence-corrected chi connectivity index (χ1v) is 7.60. The Balaban J connectivity index is 1.82. The van der Waals surface area contributed by atoms with Gasteiger partial charge < -0.3 is 4.74 Å². The van der Waals surface area contributed by atoms with Gasteiger partial charge in [0.15, 0.2) is 5.70 Å². The normalized spacial score (nSPS) is 15.5. The molecule has 0 aromatic heterocycles. The van der Waals surface area contributed by atoms with Gasteiger partial charge in [0, 0.05) is 23.2 Å². The Morgan fingerprint density at radius 3 is 2.68 bits per heavy atom. The monoisotopic (exact) mass is 354 g/mol. The molecule has 2 aromatic carbocycles. The quantitative estimate of drug-likeness (QED) is 0.355. The lowest BCUT2D eigenvalue weighted by Gasteiger charge is -1.96. The Kier molecular flexibility index (Phi) is 4.72. The van der Waals surface area contributed by atoms with Crippen molar-refractivity contribution in [2.45, 2.75) is 0 Å². The highest BCUT2D eigenvalue weighted by atomic mass is 35.5. The smallest absolute Gasteiger partial charge is 0.363 e. The number of cyclic esters (lactones) is 1. The molecule has 7 heteroatoms. The summed E-state index contributed by atoms with van der Waals surface area (Å²) in [4.78, 5) is 26.3. The van der Waals surface area contributed by atoms with Gasteiger partial charge in [-0.25, -0.2) is 9.79 Å². The topological polar surface area (TPSA) is 81.8 Å². The van der Waals surface area contributed by atoms with E-state index in [1.54, 1.807) is 48.6 Å². The van der Waals surface area contributed by atoms with Gasteiger partial charge >= 0.3 is 5.97 Å². The fraction of sp³-hybridized carbons (Fsp3) is 0. The predicted molar refractivity (Wildman–Crippen MR) is 95.1 cm³/mol. The second-order valence-corrected chi connectivity index (χ2v) is 5.48. The van der Waals surface area contributed by atoms with Crippen molar-refractivity contribution in [3.63, 3.8) is 0 Å². The van der Waals surface area contributed by atoms with Gasteiger partial charge in [0.2, 0.25) is 5.90 Å². The molecule has 0 radical (unpaired) electrons. The van der Waals surface area contributed by atoms with Crippen LogP contribution in [0.1, 0.15) is 11.1 Å². The molecular formula is C18H11ClN2O4. The number of nitro benzene ring substituents is 1. The van der Waals surface area contributed by atoms with Crippen LogP contribution in [0, 0.1) is 10.1 Å². The van der Waals surface area contributed by atoms with E-state index in [0.29, 0.717) is 16.1 Å².